The Bertz CT molecular complexity index is 594. The van der Waals surface area contributed by atoms with Gasteiger partial charge in [0.2, 0.25) is 0 Å². The van der Waals surface area contributed by atoms with E-state index in [1.807, 2.05) is 33.8 Å². The van der Waals surface area contributed by atoms with Crippen LogP contribution in [0.1, 0.15) is 43.6 Å². The van der Waals surface area contributed by atoms with Crippen LogP contribution in [0.3, 0.4) is 0 Å². The second-order valence-corrected chi connectivity index (χ2v) is 6.45. The van der Waals surface area contributed by atoms with E-state index in [1.54, 1.807) is 12.1 Å². The van der Waals surface area contributed by atoms with Gasteiger partial charge in [-0.2, -0.15) is 0 Å². The first-order chi connectivity index (χ1) is 10.2. The van der Waals surface area contributed by atoms with Gasteiger partial charge in [0.05, 0.1) is 16.8 Å². The van der Waals surface area contributed by atoms with Gasteiger partial charge < -0.3 is 20.1 Å². The quantitative estimate of drug-likeness (QED) is 0.658. The normalized spacial score (nSPS) is 20.2. The second kappa shape index (κ2) is 5.87. The lowest BCUT2D eigenvalue weighted by atomic mass is 9.77. The van der Waals surface area contributed by atoms with Crippen molar-refractivity contribution in [3.8, 4) is 5.75 Å². The Kier molecular flexibility index (Phi) is 4.47. The number of aldehydes is 1. The summed E-state index contributed by atoms with van der Waals surface area (Å²) in [6.45, 7) is 8.18. The van der Waals surface area contributed by atoms with E-state index in [0.29, 0.717) is 6.29 Å². The van der Waals surface area contributed by atoms with Crippen LogP contribution in [0.2, 0.25) is 0 Å². The largest absolute Gasteiger partial charge is 0.507 e. The van der Waals surface area contributed by atoms with E-state index < -0.39 is 18.3 Å². The highest BCUT2D eigenvalue weighted by Crippen LogP contribution is 2.38. The Morgan fingerprint density at radius 3 is 2.32 bits per heavy atom. The summed E-state index contributed by atoms with van der Waals surface area (Å²) in [6, 6.07) is 4.82. The minimum Gasteiger partial charge on any atom is -0.507 e. The summed E-state index contributed by atoms with van der Waals surface area (Å²) in [6.07, 6.45) is 2.43. The van der Waals surface area contributed by atoms with E-state index in [1.165, 1.54) is 6.07 Å². The van der Waals surface area contributed by atoms with Crippen molar-refractivity contribution < 1.29 is 19.2 Å². The maximum Gasteiger partial charge on any atom is 0.491 e. The minimum atomic E-state index is -0.525. The van der Waals surface area contributed by atoms with Crippen molar-refractivity contribution in [1.29, 1.82) is 0 Å². The molecule has 22 heavy (non-hydrogen) atoms. The number of rotatable bonds is 4. The van der Waals surface area contributed by atoms with E-state index in [-0.39, 0.29) is 17.9 Å². The zero-order chi connectivity index (χ0) is 16.5. The summed E-state index contributed by atoms with van der Waals surface area (Å²) in [7, 11) is -0.525. The van der Waals surface area contributed by atoms with E-state index in [9.17, 15) is 9.90 Å². The van der Waals surface area contributed by atoms with Gasteiger partial charge in [-0.15, -0.1) is 0 Å². The Labute approximate surface area is 131 Å². The molecule has 0 bridgehead atoms. The van der Waals surface area contributed by atoms with Crippen LogP contribution in [0.4, 0.5) is 0 Å². The fraction of sp³-hybridized carbons (Fsp3) is 0.438. The van der Waals surface area contributed by atoms with Crippen LogP contribution in [0.15, 0.2) is 23.7 Å². The average molecular weight is 303 g/mol. The maximum atomic E-state index is 10.7. The van der Waals surface area contributed by atoms with Crippen LogP contribution >= 0.6 is 0 Å². The lowest BCUT2D eigenvalue weighted by Gasteiger charge is -2.32. The van der Waals surface area contributed by atoms with Crippen LogP contribution in [0.5, 0.6) is 5.75 Å². The highest BCUT2D eigenvalue weighted by molar-refractivity contribution is 6.55. The molecule has 6 heteroatoms. The van der Waals surface area contributed by atoms with Crippen molar-refractivity contribution in [3.63, 3.8) is 0 Å². The SMILES string of the molecule is CC1(C)OB(C(=Cc2ccc(C=O)c(O)c2)CN)OC1(C)C. The molecule has 5 nitrogen and oxygen atoms in total. The first kappa shape index (κ1) is 16.7. The fourth-order valence-electron chi connectivity index (χ4n) is 2.18. The molecule has 0 spiro atoms. The van der Waals surface area contributed by atoms with Gasteiger partial charge in [-0.1, -0.05) is 12.1 Å². The number of carbonyl (C=O) groups is 1. The molecule has 0 radical (unpaired) electrons. The predicted octanol–water partition coefficient (Wildman–Crippen LogP) is 2.18. The molecule has 1 aliphatic rings. The molecule has 2 rings (SSSR count). The fourth-order valence-corrected chi connectivity index (χ4v) is 2.18. The molecule has 1 aliphatic heterocycles. The monoisotopic (exact) mass is 303 g/mol. The molecule has 118 valence electrons. The highest BCUT2D eigenvalue weighted by Gasteiger charge is 2.52. The second-order valence-electron chi connectivity index (χ2n) is 6.45. The zero-order valence-corrected chi connectivity index (χ0v) is 13.4. The van der Waals surface area contributed by atoms with E-state index in [4.69, 9.17) is 15.0 Å². The topological polar surface area (TPSA) is 81.8 Å². The Hall–Kier alpha value is -1.63. The van der Waals surface area contributed by atoms with Crippen molar-refractivity contribution in [2.45, 2.75) is 38.9 Å². The van der Waals surface area contributed by atoms with Crippen molar-refractivity contribution in [2.75, 3.05) is 6.54 Å². The highest BCUT2D eigenvalue weighted by atomic mass is 16.7. The van der Waals surface area contributed by atoms with Gasteiger partial charge in [0.25, 0.3) is 0 Å². The van der Waals surface area contributed by atoms with Crippen LogP contribution in [-0.4, -0.2) is 36.3 Å². The van der Waals surface area contributed by atoms with E-state index in [2.05, 4.69) is 0 Å². The lowest BCUT2D eigenvalue weighted by Crippen LogP contribution is -2.41. The predicted molar refractivity (Wildman–Crippen MR) is 86.6 cm³/mol. The molecule has 1 heterocycles. The third kappa shape index (κ3) is 3.09. The molecule has 0 atom stereocenters. The van der Waals surface area contributed by atoms with Crippen molar-refractivity contribution in [2.24, 2.45) is 5.73 Å². The first-order valence-electron chi connectivity index (χ1n) is 7.24. The number of carbonyl (C=O) groups excluding carboxylic acids is 1. The van der Waals surface area contributed by atoms with E-state index >= 15 is 0 Å². The van der Waals surface area contributed by atoms with Gasteiger partial charge in [-0.05, 0) is 50.9 Å². The van der Waals surface area contributed by atoms with Crippen molar-refractivity contribution >= 4 is 19.5 Å². The van der Waals surface area contributed by atoms with Crippen molar-refractivity contribution in [3.05, 3.63) is 34.8 Å². The van der Waals surface area contributed by atoms with Crippen LogP contribution in [0, 0.1) is 0 Å². The maximum absolute atomic E-state index is 10.7. The van der Waals surface area contributed by atoms with Gasteiger partial charge in [0, 0.05) is 6.54 Å². The number of aromatic hydroxyl groups is 1. The molecular weight excluding hydrogens is 281 g/mol. The molecule has 1 aromatic carbocycles. The van der Waals surface area contributed by atoms with Gasteiger partial charge in [0.15, 0.2) is 6.29 Å². The molecule has 0 aromatic heterocycles. The number of phenolic OH excluding ortho intramolecular Hbond substituents is 1. The van der Waals surface area contributed by atoms with E-state index in [0.717, 1.165) is 11.0 Å². The first-order valence-corrected chi connectivity index (χ1v) is 7.24. The summed E-state index contributed by atoms with van der Waals surface area (Å²) >= 11 is 0. The summed E-state index contributed by atoms with van der Waals surface area (Å²) in [5, 5.41) is 9.75. The zero-order valence-electron chi connectivity index (χ0n) is 13.4. The van der Waals surface area contributed by atoms with Crippen LogP contribution < -0.4 is 5.73 Å². The molecule has 0 aliphatic carbocycles. The molecule has 0 amide bonds. The van der Waals surface area contributed by atoms with Crippen LogP contribution in [0.25, 0.3) is 6.08 Å². The van der Waals surface area contributed by atoms with Gasteiger partial charge >= 0.3 is 7.12 Å². The number of benzene rings is 1. The summed E-state index contributed by atoms with van der Waals surface area (Å²) in [5.41, 5.74) is 6.72. The number of hydrogen-bond acceptors (Lipinski definition) is 5. The molecule has 1 fully saturated rings. The Balaban J connectivity index is 2.29. The van der Waals surface area contributed by atoms with Gasteiger partial charge in [-0.3, -0.25) is 4.79 Å². The molecule has 1 aromatic rings. The Morgan fingerprint density at radius 1 is 1.27 bits per heavy atom. The third-order valence-corrected chi connectivity index (χ3v) is 4.33. The number of nitrogens with two attached hydrogens (primary N) is 1. The van der Waals surface area contributed by atoms with Crippen molar-refractivity contribution in [1.82, 2.24) is 0 Å². The minimum absolute atomic E-state index is 0.0611. The summed E-state index contributed by atoms with van der Waals surface area (Å²) in [4.78, 5) is 10.7. The molecule has 0 saturated carbocycles. The van der Waals surface area contributed by atoms with Gasteiger partial charge in [0.1, 0.15) is 5.75 Å². The molecule has 3 N–H and O–H groups in total. The summed E-state index contributed by atoms with van der Waals surface area (Å²) in [5.74, 6) is -0.0611. The average Bonchev–Trinajstić information content (AvgIpc) is 2.65. The molecule has 1 saturated heterocycles. The third-order valence-electron chi connectivity index (χ3n) is 4.33. The standard InChI is InChI=1S/C16H22BNO4/c1-15(2)16(3,4)22-17(21-15)13(9-18)7-11-5-6-12(10-19)14(20)8-11/h5-8,10,20H,9,18H2,1-4H3. The van der Waals surface area contributed by atoms with Gasteiger partial charge in [-0.25, -0.2) is 0 Å². The Morgan fingerprint density at radius 2 is 1.86 bits per heavy atom. The molecule has 0 unspecified atom stereocenters. The van der Waals surface area contributed by atoms with Crippen LogP contribution in [-0.2, 0) is 9.31 Å². The number of hydrogen-bond donors (Lipinski definition) is 2. The molecular formula is C16H22BNO4. The summed E-state index contributed by atoms with van der Waals surface area (Å²) < 4.78 is 12.0. The smallest absolute Gasteiger partial charge is 0.491 e. The number of phenols is 1. The lowest BCUT2D eigenvalue weighted by molar-refractivity contribution is 0.00578.